The Kier molecular flexibility index (Phi) is 8.09. The number of halogens is 1. The molecule has 13 heteroatoms. The van der Waals surface area contributed by atoms with Gasteiger partial charge in [-0.15, -0.1) is 10.2 Å². The van der Waals surface area contributed by atoms with Crippen molar-refractivity contribution in [2.45, 2.75) is 32.7 Å². The number of aromatic nitrogens is 4. The molecule has 12 nitrogen and oxygen atoms in total. The third-order valence-electron chi connectivity index (χ3n) is 5.34. The molecule has 1 atom stereocenters. The van der Waals surface area contributed by atoms with Crippen molar-refractivity contribution in [2.75, 3.05) is 19.8 Å². The molecule has 0 fully saturated rings. The number of nitrogens with one attached hydrogen (secondary N) is 1. The predicted octanol–water partition coefficient (Wildman–Crippen LogP) is 4.13. The van der Waals surface area contributed by atoms with Gasteiger partial charge in [-0.05, 0) is 57.0 Å². The SMILES string of the molecule is CCOc1ccc(C2=NN(C(=O)c3ccc(N=NC(C#N)c4nn[nH]n4)cc3F)CCC2)cc1OCC. The van der Waals surface area contributed by atoms with Crippen molar-refractivity contribution in [2.24, 2.45) is 15.3 Å². The lowest BCUT2D eigenvalue weighted by atomic mass is 10.0. The number of tetrazole rings is 1. The summed E-state index contributed by atoms with van der Waals surface area (Å²) in [5.41, 5.74) is 1.46. The Morgan fingerprint density at radius 3 is 2.73 bits per heavy atom. The molecular formula is C24H24FN9O3. The van der Waals surface area contributed by atoms with Crippen LogP contribution in [0.25, 0.3) is 0 Å². The fourth-order valence-electron chi connectivity index (χ4n) is 3.65. The third kappa shape index (κ3) is 5.92. The molecule has 0 bridgehead atoms. The molecule has 1 aliphatic rings. The quantitative estimate of drug-likeness (QED) is 0.429. The van der Waals surface area contributed by atoms with Crippen LogP contribution in [0.4, 0.5) is 10.1 Å². The second kappa shape index (κ2) is 11.8. The van der Waals surface area contributed by atoms with Crippen molar-refractivity contribution in [1.82, 2.24) is 25.6 Å². The van der Waals surface area contributed by atoms with E-state index in [1.807, 2.05) is 38.1 Å². The van der Waals surface area contributed by atoms with Gasteiger partial charge < -0.3 is 9.47 Å². The number of nitriles is 1. The zero-order chi connectivity index (χ0) is 26.2. The summed E-state index contributed by atoms with van der Waals surface area (Å²) in [5.74, 6) is -0.0810. The lowest BCUT2D eigenvalue weighted by Gasteiger charge is -2.24. The van der Waals surface area contributed by atoms with Gasteiger partial charge in [0.1, 0.15) is 5.82 Å². The average Bonchev–Trinajstić information content (AvgIpc) is 3.45. The first-order chi connectivity index (χ1) is 18.0. The van der Waals surface area contributed by atoms with Crippen LogP contribution in [0.1, 0.15) is 54.5 Å². The Morgan fingerprint density at radius 2 is 2.03 bits per heavy atom. The Balaban J connectivity index is 1.52. The van der Waals surface area contributed by atoms with Gasteiger partial charge in [0.15, 0.2) is 11.5 Å². The molecule has 1 aliphatic heterocycles. The first-order valence-corrected chi connectivity index (χ1v) is 11.7. The van der Waals surface area contributed by atoms with Gasteiger partial charge in [-0.3, -0.25) is 4.79 Å². The highest BCUT2D eigenvalue weighted by atomic mass is 19.1. The zero-order valence-electron chi connectivity index (χ0n) is 20.3. The highest BCUT2D eigenvalue weighted by Gasteiger charge is 2.24. The van der Waals surface area contributed by atoms with Crippen molar-refractivity contribution in [3.8, 4) is 17.6 Å². The first-order valence-electron chi connectivity index (χ1n) is 11.7. The van der Waals surface area contributed by atoms with Crippen LogP contribution in [-0.4, -0.2) is 57.0 Å². The topological polar surface area (TPSA) is 154 Å². The van der Waals surface area contributed by atoms with Gasteiger partial charge in [-0.25, -0.2) is 9.40 Å². The first kappa shape index (κ1) is 25.4. The molecule has 0 aliphatic carbocycles. The normalized spacial score (nSPS) is 14.2. The van der Waals surface area contributed by atoms with E-state index in [1.54, 1.807) is 0 Å². The number of hydrazone groups is 1. The van der Waals surface area contributed by atoms with Crippen LogP contribution in [0, 0.1) is 17.1 Å². The minimum Gasteiger partial charge on any atom is -0.490 e. The van der Waals surface area contributed by atoms with Crippen molar-refractivity contribution in [3.63, 3.8) is 0 Å². The number of H-pyrrole nitrogens is 1. The van der Waals surface area contributed by atoms with E-state index in [0.717, 1.165) is 11.6 Å². The largest absolute Gasteiger partial charge is 0.490 e. The van der Waals surface area contributed by atoms with Crippen LogP contribution < -0.4 is 9.47 Å². The number of benzene rings is 2. The molecule has 2 aromatic carbocycles. The molecular weight excluding hydrogens is 481 g/mol. The van der Waals surface area contributed by atoms with E-state index in [9.17, 15) is 14.4 Å². The van der Waals surface area contributed by atoms with E-state index in [2.05, 4.69) is 36.0 Å². The van der Waals surface area contributed by atoms with E-state index in [0.29, 0.717) is 49.8 Å². The molecule has 3 aromatic rings. The van der Waals surface area contributed by atoms with Crippen molar-refractivity contribution < 1.29 is 18.7 Å². The second-order valence-corrected chi connectivity index (χ2v) is 7.79. The number of hydrogen-bond acceptors (Lipinski definition) is 10. The molecule has 0 saturated carbocycles. The van der Waals surface area contributed by atoms with Crippen LogP contribution >= 0.6 is 0 Å². The fraction of sp³-hybridized carbons (Fsp3) is 0.333. The third-order valence-corrected chi connectivity index (χ3v) is 5.34. The monoisotopic (exact) mass is 505 g/mol. The smallest absolute Gasteiger partial charge is 0.276 e. The van der Waals surface area contributed by atoms with Gasteiger partial charge >= 0.3 is 0 Å². The molecule has 0 saturated heterocycles. The lowest BCUT2D eigenvalue weighted by Crippen LogP contribution is -2.32. The summed E-state index contributed by atoms with van der Waals surface area (Å²) in [6.45, 7) is 5.12. The fourth-order valence-corrected chi connectivity index (χ4v) is 3.65. The molecule has 2 heterocycles. The number of carbonyl (C=O) groups excluding carboxylic acids is 1. The summed E-state index contributed by atoms with van der Waals surface area (Å²) in [6, 6.07) is 10.1. The summed E-state index contributed by atoms with van der Waals surface area (Å²) < 4.78 is 26.2. The van der Waals surface area contributed by atoms with Crippen LogP contribution in [0.3, 0.4) is 0 Å². The average molecular weight is 506 g/mol. The highest BCUT2D eigenvalue weighted by Crippen LogP contribution is 2.30. The number of hydrogen-bond donors (Lipinski definition) is 1. The molecule has 1 aromatic heterocycles. The second-order valence-electron chi connectivity index (χ2n) is 7.79. The maximum Gasteiger partial charge on any atom is 0.276 e. The molecule has 37 heavy (non-hydrogen) atoms. The molecule has 0 radical (unpaired) electrons. The van der Waals surface area contributed by atoms with E-state index < -0.39 is 17.8 Å². The predicted molar refractivity (Wildman–Crippen MR) is 129 cm³/mol. The van der Waals surface area contributed by atoms with Crippen molar-refractivity contribution in [1.29, 1.82) is 5.26 Å². The number of rotatable bonds is 9. The molecule has 1 N–H and O–H groups in total. The van der Waals surface area contributed by atoms with Gasteiger partial charge in [0.2, 0.25) is 11.9 Å². The molecule has 0 spiro atoms. The van der Waals surface area contributed by atoms with E-state index in [-0.39, 0.29) is 17.1 Å². The number of carbonyl (C=O) groups is 1. The maximum atomic E-state index is 14.9. The van der Waals surface area contributed by atoms with Crippen LogP contribution in [-0.2, 0) is 0 Å². The number of aromatic amines is 1. The maximum absolute atomic E-state index is 14.9. The minimum atomic E-state index is -1.10. The number of amides is 1. The van der Waals surface area contributed by atoms with E-state index in [4.69, 9.17) is 9.47 Å². The van der Waals surface area contributed by atoms with Gasteiger partial charge in [-0.1, -0.05) is 5.21 Å². The molecule has 1 unspecified atom stereocenters. The van der Waals surface area contributed by atoms with Crippen LogP contribution in [0.2, 0.25) is 0 Å². The summed E-state index contributed by atoms with van der Waals surface area (Å²) in [6.07, 6.45) is 1.33. The van der Waals surface area contributed by atoms with Gasteiger partial charge in [0.05, 0.1) is 36.2 Å². The summed E-state index contributed by atoms with van der Waals surface area (Å²) in [4.78, 5) is 13.1. The Hall–Kier alpha value is -4.73. The van der Waals surface area contributed by atoms with Crippen molar-refractivity contribution in [3.05, 3.63) is 59.2 Å². The van der Waals surface area contributed by atoms with Crippen molar-refractivity contribution >= 4 is 17.3 Å². The van der Waals surface area contributed by atoms with Gasteiger partial charge in [0, 0.05) is 18.2 Å². The Labute approximate surface area is 211 Å². The highest BCUT2D eigenvalue weighted by molar-refractivity contribution is 6.03. The van der Waals surface area contributed by atoms with Gasteiger partial charge in [-0.2, -0.15) is 25.8 Å². The zero-order valence-corrected chi connectivity index (χ0v) is 20.3. The van der Waals surface area contributed by atoms with E-state index in [1.165, 1.54) is 17.1 Å². The lowest BCUT2D eigenvalue weighted by molar-refractivity contribution is 0.0747. The standard InChI is InChI=1S/C24H24FN9O3/c1-3-36-21-10-7-15(12-22(21)37-4-2)19-6-5-11-34(31-19)24(35)17-9-8-16(13-18(17)25)27-28-20(14-26)23-29-32-33-30-23/h7-10,12-13,20H,3-6,11H2,1-2H3,(H,29,30,32,33). The Morgan fingerprint density at radius 1 is 1.22 bits per heavy atom. The molecule has 1 amide bonds. The Bertz CT molecular complexity index is 1350. The van der Waals surface area contributed by atoms with Crippen LogP contribution in [0.5, 0.6) is 11.5 Å². The van der Waals surface area contributed by atoms with Crippen LogP contribution in [0.15, 0.2) is 51.7 Å². The molecule has 4 rings (SSSR count). The number of ether oxygens (including phenoxy) is 2. The molecule has 190 valence electrons. The summed E-state index contributed by atoms with van der Waals surface area (Å²) >= 11 is 0. The summed E-state index contributed by atoms with van der Waals surface area (Å²) in [7, 11) is 0. The van der Waals surface area contributed by atoms with E-state index >= 15 is 0 Å². The minimum absolute atomic E-state index is 0.0400. The summed E-state index contributed by atoms with van der Waals surface area (Å²) in [5, 5.41) is 35.6. The van der Waals surface area contributed by atoms with Gasteiger partial charge in [0.25, 0.3) is 5.91 Å². The number of azo groups is 1. The number of nitrogens with zero attached hydrogens (tertiary/aromatic N) is 8.